The van der Waals surface area contributed by atoms with Gasteiger partial charge in [0.15, 0.2) is 11.5 Å². The first-order chi connectivity index (χ1) is 6.61. The predicted molar refractivity (Wildman–Crippen MR) is 46.6 cm³/mol. The largest absolute Gasteiger partial charge is 0.586 e. The van der Waals surface area contributed by atoms with Gasteiger partial charge >= 0.3 is 6.29 Å². The van der Waals surface area contributed by atoms with E-state index in [0.29, 0.717) is 0 Å². The zero-order valence-electron chi connectivity index (χ0n) is 7.72. The van der Waals surface area contributed by atoms with Crippen LogP contribution < -0.4 is 9.47 Å². The molecular formula is C10H10F2O2. The summed E-state index contributed by atoms with van der Waals surface area (Å²) in [5.41, 5.74) is 0.979. The second-order valence-electron chi connectivity index (χ2n) is 3.20. The van der Waals surface area contributed by atoms with Crippen LogP contribution in [0.1, 0.15) is 18.9 Å². The maximum atomic E-state index is 12.6. The lowest BCUT2D eigenvalue weighted by Crippen LogP contribution is -2.25. The molecule has 1 aromatic carbocycles. The quantitative estimate of drug-likeness (QED) is 0.730. The molecule has 4 heteroatoms. The number of benzene rings is 1. The zero-order valence-corrected chi connectivity index (χ0v) is 7.72. The highest BCUT2D eigenvalue weighted by Gasteiger charge is 2.43. The van der Waals surface area contributed by atoms with Crippen LogP contribution in [-0.4, -0.2) is 6.29 Å². The first kappa shape index (κ1) is 9.24. The van der Waals surface area contributed by atoms with E-state index < -0.39 is 6.29 Å². The number of halogens is 2. The van der Waals surface area contributed by atoms with E-state index in [1.807, 2.05) is 6.92 Å². The van der Waals surface area contributed by atoms with Crippen molar-refractivity contribution >= 4 is 0 Å². The molecule has 0 aliphatic carbocycles. The molecule has 0 saturated heterocycles. The molecule has 0 amide bonds. The van der Waals surface area contributed by atoms with E-state index in [0.717, 1.165) is 18.4 Å². The first-order valence-electron chi connectivity index (χ1n) is 4.49. The minimum Gasteiger partial charge on any atom is -0.395 e. The van der Waals surface area contributed by atoms with Crippen molar-refractivity contribution in [2.24, 2.45) is 0 Å². The van der Waals surface area contributed by atoms with Crippen LogP contribution in [0.2, 0.25) is 0 Å². The average Bonchev–Trinajstić information content (AvgIpc) is 2.38. The Morgan fingerprint density at radius 1 is 1.21 bits per heavy atom. The molecule has 2 rings (SSSR count). The van der Waals surface area contributed by atoms with E-state index in [4.69, 9.17) is 0 Å². The van der Waals surface area contributed by atoms with Gasteiger partial charge in [-0.05, 0) is 24.1 Å². The highest BCUT2D eigenvalue weighted by atomic mass is 19.3. The number of rotatable bonds is 2. The Bertz CT molecular complexity index is 350. The number of ether oxygens (including phenoxy) is 2. The van der Waals surface area contributed by atoms with Crippen molar-refractivity contribution in [3.05, 3.63) is 23.8 Å². The Hall–Kier alpha value is -1.32. The standard InChI is InChI=1S/C10H10F2O2/c1-2-3-7-4-5-8-9(6-7)14-10(11,12)13-8/h4-6H,2-3H2,1H3. The Labute approximate surface area is 80.4 Å². The number of hydrogen-bond donors (Lipinski definition) is 0. The van der Waals surface area contributed by atoms with Crippen LogP contribution in [0.5, 0.6) is 11.5 Å². The third-order valence-corrected chi connectivity index (χ3v) is 2.00. The Morgan fingerprint density at radius 3 is 2.64 bits per heavy atom. The van der Waals surface area contributed by atoms with Gasteiger partial charge in [0.1, 0.15) is 0 Å². The predicted octanol–water partition coefficient (Wildman–Crippen LogP) is 2.96. The van der Waals surface area contributed by atoms with Crippen LogP contribution in [0.3, 0.4) is 0 Å². The summed E-state index contributed by atoms with van der Waals surface area (Å²) >= 11 is 0. The van der Waals surface area contributed by atoms with Gasteiger partial charge in [0.05, 0.1) is 0 Å². The number of alkyl halides is 2. The van der Waals surface area contributed by atoms with Crippen molar-refractivity contribution < 1.29 is 18.3 Å². The van der Waals surface area contributed by atoms with Gasteiger partial charge in [-0.25, -0.2) is 0 Å². The lowest BCUT2D eigenvalue weighted by molar-refractivity contribution is -0.286. The lowest BCUT2D eigenvalue weighted by Gasteiger charge is -2.04. The molecule has 0 spiro atoms. The van der Waals surface area contributed by atoms with Crippen molar-refractivity contribution in [3.63, 3.8) is 0 Å². The molecule has 0 atom stereocenters. The molecule has 76 valence electrons. The molecule has 0 N–H and O–H groups in total. The Balaban J connectivity index is 2.26. The molecule has 1 heterocycles. The van der Waals surface area contributed by atoms with Crippen LogP contribution in [0.15, 0.2) is 18.2 Å². The molecule has 0 bridgehead atoms. The fourth-order valence-corrected chi connectivity index (χ4v) is 1.44. The van der Waals surface area contributed by atoms with Crippen molar-refractivity contribution in [2.45, 2.75) is 26.1 Å². The second-order valence-corrected chi connectivity index (χ2v) is 3.20. The van der Waals surface area contributed by atoms with E-state index >= 15 is 0 Å². The van der Waals surface area contributed by atoms with Gasteiger partial charge in [0.25, 0.3) is 0 Å². The van der Waals surface area contributed by atoms with Crippen molar-refractivity contribution in [1.29, 1.82) is 0 Å². The maximum Gasteiger partial charge on any atom is 0.586 e. The zero-order chi connectivity index (χ0) is 10.2. The SMILES string of the molecule is CCCc1ccc2c(c1)OC(F)(F)O2. The topological polar surface area (TPSA) is 18.5 Å². The molecule has 0 aromatic heterocycles. The summed E-state index contributed by atoms with van der Waals surface area (Å²) in [5.74, 6) is 0.232. The summed E-state index contributed by atoms with van der Waals surface area (Å²) < 4.78 is 33.8. The van der Waals surface area contributed by atoms with Crippen molar-refractivity contribution in [3.8, 4) is 11.5 Å². The molecule has 1 aliphatic rings. The Morgan fingerprint density at radius 2 is 1.93 bits per heavy atom. The van der Waals surface area contributed by atoms with E-state index in [2.05, 4.69) is 9.47 Å². The minimum absolute atomic E-state index is 0.106. The summed E-state index contributed by atoms with van der Waals surface area (Å²) in [4.78, 5) is 0. The molecule has 1 aliphatic heterocycles. The van der Waals surface area contributed by atoms with E-state index in [1.165, 1.54) is 6.07 Å². The van der Waals surface area contributed by atoms with Crippen LogP contribution in [0, 0.1) is 0 Å². The molecule has 0 radical (unpaired) electrons. The summed E-state index contributed by atoms with van der Waals surface area (Å²) in [6.07, 6.45) is -1.69. The highest BCUT2D eigenvalue weighted by Crippen LogP contribution is 2.41. The summed E-state index contributed by atoms with van der Waals surface area (Å²) in [5, 5.41) is 0. The van der Waals surface area contributed by atoms with Crippen LogP contribution in [0.4, 0.5) is 8.78 Å². The summed E-state index contributed by atoms with van der Waals surface area (Å²) in [6, 6.07) is 4.88. The van der Waals surface area contributed by atoms with Crippen LogP contribution in [-0.2, 0) is 6.42 Å². The molecule has 0 fully saturated rings. The van der Waals surface area contributed by atoms with Gasteiger partial charge in [-0.1, -0.05) is 19.4 Å². The van der Waals surface area contributed by atoms with E-state index in [-0.39, 0.29) is 11.5 Å². The minimum atomic E-state index is -3.51. The van der Waals surface area contributed by atoms with Crippen LogP contribution in [0.25, 0.3) is 0 Å². The molecule has 1 aromatic rings. The van der Waals surface area contributed by atoms with E-state index in [9.17, 15) is 8.78 Å². The normalized spacial score (nSPS) is 17.1. The fraction of sp³-hybridized carbons (Fsp3) is 0.400. The van der Waals surface area contributed by atoms with Gasteiger partial charge in [-0.2, -0.15) is 0 Å². The number of fused-ring (bicyclic) bond motifs is 1. The third kappa shape index (κ3) is 1.64. The van der Waals surface area contributed by atoms with Crippen molar-refractivity contribution in [2.75, 3.05) is 0 Å². The van der Waals surface area contributed by atoms with Gasteiger partial charge in [-0.15, -0.1) is 8.78 Å². The second kappa shape index (κ2) is 3.12. The molecule has 0 unspecified atom stereocenters. The van der Waals surface area contributed by atoms with Gasteiger partial charge in [-0.3, -0.25) is 0 Å². The monoisotopic (exact) mass is 200 g/mol. The maximum absolute atomic E-state index is 12.6. The molecule has 0 saturated carbocycles. The van der Waals surface area contributed by atoms with Gasteiger partial charge in [0, 0.05) is 0 Å². The summed E-state index contributed by atoms with van der Waals surface area (Å²) in [6.45, 7) is 2.03. The third-order valence-electron chi connectivity index (χ3n) is 2.00. The molecular weight excluding hydrogens is 190 g/mol. The Kier molecular flexibility index (Phi) is 2.06. The van der Waals surface area contributed by atoms with Gasteiger partial charge in [0.2, 0.25) is 0 Å². The van der Waals surface area contributed by atoms with Gasteiger partial charge < -0.3 is 9.47 Å². The highest BCUT2D eigenvalue weighted by molar-refractivity contribution is 5.45. The van der Waals surface area contributed by atoms with E-state index in [1.54, 1.807) is 12.1 Å². The summed E-state index contributed by atoms with van der Waals surface area (Å²) in [7, 11) is 0. The van der Waals surface area contributed by atoms with Crippen molar-refractivity contribution in [1.82, 2.24) is 0 Å². The lowest BCUT2D eigenvalue weighted by atomic mass is 10.1. The van der Waals surface area contributed by atoms with Crippen LogP contribution >= 0.6 is 0 Å². The fourth-order valence-electron chi connectivity index (χ4n) is 1.44. The smallest absolute Gasteiger partial charge is 0.395 e. The average molecular weight is 200 g/mol. The number of aryl methyl sites for hydroxylation is 1. The first-order valence-corrected chi connectivity index (χ1v) is 4.49. The molecule has 14 heavy (non-hydrogen) atoms. The number of hydrogen-bond acceptors (Lipinski definition) is 2. The molecule has 2 nitrogen and oxygen atoms in total.